The first kappa shape index (κ1) is 97.3. The van der Waals surface area contributed by atoms with Crippen molar-refractivity contribution in [2.45, 2.75) is 193 Å². The zero-order valence-electron chi connectivity index (χ0n) is 79.0. The van der Waals surface area contributed by atoms with Gasteiger partial charge in [-0.25, -0.2) is 0 Å². The van der Waals surface area contributed by atoms with Crippen molar-refractivity contribution < 1.29 is 42.2 Å². The predicted octanol–water partition coefficient (Wildman–Crippen LogP) is 20.3. The number of aromatic amines is 2. The minimum absolute atomic E-state index is 0.0397. The van der Waals surface area contributed by atoms with Crippen LogP contribution in [-0.2, 0) is 75.4 Å². The van der Waals surface area contributed by atoms with Crippen molar-refractivity contribution in [1.82, 2.24) is 40.2 Å². The first-order valence-electron chi connectivity index (χ1n) is 47.2. The van der Waals surface area contributed by atoms with Crippen LogP contribution in [0.15, 0.2) is 277 Å². The standard InChI is InChI=1S/C110H132N10O11Si2/c1-109(2,3)132(7,8)130-99(93-45-49-97(105-95(93)47-51-103(123)115-105)127-77-83-29-19-13-20-30-83)75-119(73-81-25-15-11-16-26-81)61-53-79-37-41-89(42-38-79)113-107(125)87-35-23-33-85(69-87)71-111-101(121)59-67-117-63-55-91(56-64-117)129-92-57-65-118(66-58-92)68-60-102(122)112-72-86-34-24-36-88(70-86)108(126)114-90-43-39-80(40-44-90)54-62-120(74-82-27-17-12-18-28-82)76-100(131-133(9,10)110(4,5)6)94-46-50-98(106-96(94)48-52-104(124)116-106)128-78-84-31-21-14-22-32-84/h11-52,69-70,91-92,99-100H,53-68,71-78H2,1-10H3,(H,111,121)(H,112,122)(H,113,125)(H,114,126)(H,115,123)(H,116,124)/t99-,100-/m0/s1. The molecule has 2 saturated heterocycles. The topological polar surface area (TPSA) is 241 Å². The van der Waals surface area contributed by atoms with Crippen molar-refractivity contribution in [3.63, 3.8) is 0 Å². The SMILES string of the molecule is CC(C)(C)[Si](C)(C)O[C@@H](CN(CCc1ccc(NC(=O)c2cccc(CNC(=O)CCN3CCC(OC4CCN(CCC(=O)NCc5cccc(C(=O)Nc6ccc(CCN(Cc7ccccc7)C[C@H](O[Si](C)(C)C(C)(C)C)c7ccc(OCc8ccccc8)c8[nH]c(=O)ccc78)cc6)c5)CC4)CC3)c2)cc1)Cc1ccccc1)c1ccc(OCc2ccccc2)c2[nH]c(=O)ccc12. The number of hydrogen-bond acceptors (Lipinski definition) is 15. The number of hydrogen-bond donors (Lipinski definition) is 6. The van der Waals surface area contributed by atoms with Gasteiger partial charge in [0.25, 0.3) is 11.8 Å². The van der Waals surface area contributed by atoms with Gasteiger partial charge in [0.15, 0.2) is 16.6 Å². The molecule has 0 unspecified atom stereocenters. The molecule has 4 amide bonds. The zero-order valence-corrected chi connectivity index (χ0v) is 81.0. The van der Waals surface area contributed by atoms with Crippen LogP contribution in [-0.4, -0.2) is 147 Å². The minimum atomic E-state index is -2.37. The summed E-state index contributed by atoms with van der Waals surface area (Å²) >= 11 is 0. The number of anilines is 2. The first-order chi connectivity index (χ1) is 64.0. The van der Waals surface area contributed by atoms with Crippen molar-refractivity contribution in [3.8, 4) is 11.5 Å². The number of H-pyrrole nitrogens is 2. The van der Waals surface area contributed by atoms with E-state index in [-0.39, 0.29) is 69.2 Å². The fourth-order valence-corrected chi connectivity index (χ4v) is 19.4. The molecule has 133 heavy (non-hydrogen) atoms. The normalized spacial score (nSPS) is 14.4. The summed E-state index contributed by atoms with van der Waals surface area (Å²) in [6.07, 6.45) is 5.53. The zero-order chi connectivity index (χ0) is 93.5. The first-order valence-corrected chi connectivity index (χ1v) is 53.0. The molecule has 23 heteroatoms. The van der Waals surface area contributed by atoms with Gasteiger partial charge in [0, 0.05) is 150 Å². The third-order valence-electron chi connectivity index (χ3n) is 26.8. The van der Waals surface area contributed by atoms with Gasteiger partial charge in [0.05, 0.1) is 35.4 Å². The maximum atomic E-state index is 13.8. The Morgan fingerprint density at radius 2 is 0.767 bits per heavy atom. The second kappa shape index (κ2) is 45.8. The van der Waals surface area contributed by atoms with Gasteiger partial charge in [-0.15, -0.1) is 0 Å². The summed E-state index contributed by atoms with van der Waals surface area (Å²) < 4.78 is 34.3. The van der Waals surface area contributed by atoms with Crippen LogP contribution in [0.2, 0.25) is 36.3 Å². The van der Waals surface area contributed by atoms with E-state index in [0.717, 1.165) is 133 Å². The number of nitrogens with zero attached hydrogens (tertiary/aromatic N) is 4. The van der Waals surface area contributed by atoms with E-state index in [9.17, 15) is 28.8 Å². The summed E-state index contributed by atoms with van der Waals surface area (Å²) in [5, 5.41) is 14.0. The van der Waals surface area contributed by atoms with Crippen LogP contribution >= 0.6 is 0 Å². The fourth-order valence-electron chi connectivity index (χ4n) is 16.9. The number of pyridine rings is 2. The number of rotatable bonds is 42. The second-order valence-electron chi connectivity index (χ2n) is 38.7. The lowest BCUT2D eigenvalue weighted by Crippen LogP contribution is -2.44. The van der Waals surface area contributed by atoms with E-state index in [1.54, 1.807) is 24.3 Å². The van der Waals surface area contributed by atoms with E-state index in [2.05, 4.69) is 203 Å². The molecular formula is C110H132N10O11Si2. The van der Waals surface area contributed by atoms with E-state index in [0.29, 0.717) is 123 Å². The highest BCUT2D eigenvalue weighted by Crippen LogP contribution is 2.45. The molecule has 0 bridgehead atoms. The Morgan fingerprint density at radius 1 is 0.414 bits per heavy atom. The number of amides is 4. The highest BCUT2D eigenvalue weighted by atomic mass is 28.4. The summed E-state index contributed by atoms with van der Waals surface area (Å²) in [5.74, 6) is 0.661. The minimum Gasteiger partial charge on any atom is -0.487 e. The van der Waals surface area contributed by atoms with Crippen molar-refractivity contribution in [2.75, 3.05) is 76.1 Å². The molecule has 0 spiro atoms. The van der Waals surface area contributed by atoms with Crippen molar-refractivity contribution >= 4 is 73.4 Å². The summed E-state index contributed by atoms with van der Waals surface area (Å²) in [5.41, 5.74) is 13.6. The Balaban J connectivity index is 0.482. The highest BCUT2D eigenvalue weighted by Gasteiger charge is 2.42. The van der Waals surface area contributed by atoms with E-state index < -0.39 is 16.6 Å². The Hall–Kier alpha value is -11.7. The molecule has 14 rings (SSSR count). The molecule has 10 aromatic carbocycles. The molecule has 0 saturated carbocycles. The quantitative estimate of drug-likeness (QED) is 0.0195. The monoisotopic (exact) mass is 1820 g/mol. The van der Waals surface area contributed by atoms with Crippen LogP contribution in [0.5, 0.6) is 11.5 Å². The summed E-state index contributed by atoms with van der Waals surface area (Å²) in [4.78, 5) is 95.9. The summed E-state index contributed by atoms with van der Waals surface area (Å²) in [6, 6.07) is 87.0. The van der Waals surface area contributed by atoms with Crippen LogP contribution in [0.3, 0.4) is 0 Å². The molecule has 2 aliphatic heterocycles. The van der Waals surface area contributed by atoms with Crippen LogP contribution in [0.1, 0.15) is 169 Å². The van der Waals surface area contributed by atoms with Gasteiger partial charge in [0.2, 0.25) is 22.9 Å². The Morgan fingerprint density at radius 3 is 1.13 bits per heavy atom. The van der Waals surface area contributed by atoms with Gasteiger partial charge >= 0.3 is 0 Å². The molecule has 2 atom stereocenters. The Kier molecular flexibility index (Phi) is 33.5. The molecule has 696 valence electrons. The molecule has 2 aromatic heterocycles. The molecule has 0 radical (unpaired) electrons. The van der Waals surface area contributed by atoms with E-state index in [1.807, 2.05) is 158 Å². The number of carbonyl (C=O) groups is 4. The van der Waals surface area contributed by atoms with Gasteiger partial charge in [0.1, 0.15) is 24.7 Å². The van der Waals surface area contributed by atoms with Gasteiger partial charge in [-0.05, 0) is 203 Å². The van der Waals surface area contributed by atoms with Crippen molar-refractivity contribution in [2.24, 2.45) is 0 Å². The maximum Gasteiger partial charge on any atom is 0.255 e. The predicted molar refractivity (Wildman–Crippen MR) is 538 cm³/mol. The molecule has 21 nitrogen and oxygen atoms in total. The number of piperidine rings is 2. The van der Waals surface area contributed by atoms with E-state index >= 15 is 0 Å². The Labute approximate surface area is 786 Å². The molecule has 2 fully saturated rings. The lowest BCUT2D eigenvalue weighted by atomic mass is 10.0. The number of nitrogens with one attached hydrogen (secondary N) is 6. The average Bonchev–Trinajstić information content (AvgIpc) is 0.774. The smallest absolute Gasteiger partial charge is 0.255 e. The van der Waals surface area contributed by atoms with Gasteiger partial charge in [-0.1, -0.05) is 224 Å². The number of aromatic nitrogens is 2. The molecule has 12 aromatic rings. The molecule has 6 N–H and O–H groups in total. The van der Waals surface area contributed by atoms with Gasteiger partial charge < -0.3 is 64.1 Å². The van der Waals surface area contributed by atoms with Gasteiger partial charge in [-0.3, -0.25) is 38.6 Å². The lowest BCUT2D eigenvalue weighted by molar-refractivity contribution is -0.122. The lowest BCUT2D eigenvalue weighted by Gasteiger charge is -2.41. The highest BCUT2D eigenvalue weighted by molar-refractivity contribution is 6.74. The number of likely N-dealkylation sites (tertiary alicyclic amines) is 2. The van der Waals surface area contributed by atoms with Gasteiger partial charge in [-0.2, -0.15) is 0 Å². The second-order valence-corrected chi connectivity index (χ2v) is 48.2. The van der Waals surface area contributed by atoms with Crippen LogP contribution in [0.4, 0.5) is 11.4 Å². The molecular weight excluding hydrogens is 1690 g/mol. The number of fused-ring (bicyclic) bond motifs is 2. The summed E-state index contributed by atoms with van der Waals surface area (Å²) in [7, 11) is -4.74. The molecule has 0 aliphatic carbocycles. The summed E-state index contributed by atoms with van der Waals surface area (Å²) in [6.45, 7) is 32.8. The third-order valence-corrected chi connectivity index (χ3v) is 35.7. The van der Waals surface area contributed by atoms with E-state index in [4.69, 9.17) is 23.1 Å². The van der Waals surface area contributed by atoms with Crippen molar-refractivity contribution in [3.05, 3.63) is 354 Å². The van der Waals surface area contributed by atoms with Crippen LogP contribution in [0.25, 0.3) is 21.8 Å². The molecule has 2 aliphatic rings. The van der Waals surface area contributed by atoms with Crippen LogP contribution in [0, 0.1) is 0 Å². The Bertz CT molecular complexity index is 5590. The maximum absolute atomic E-state index is 13.8. The number of carbonyl (C=O) groups excluding carboxylic acids is 4. The average molecular weight is 1830 g/mol. The largest absolute Gasteiger partial charge is 0.487 e. The molecule has 4 heterocycles. The third kappa shape index (κ3) is 28.2. The fraction of sp³-hybridized carbons (Fsp3) is 0.364. The number of ether oxygens (including phenoxy) is 3. The number of benzene rings is 10. The van der Waals surface area contributed by atoms with Crippen molar-refractivity contribution in [1.29, 1.82) is 0 Å². The van der Waals surface area contributed by atoms with Crippen LogP contribution < -0.4 is 41.9 Å². The van der Waals surface area contributed by atoms with E-state index in [1.165, 1.54) is 11.1 Å².